The van der Waals surface area contributed by atoms with E-state index >= 15 is 0 Å². The van der Waals surface area contributed by atoms with Crippen LogP contribution in [0.5, 0.6) is 5.75 Å². The Labute approximate surface area is 106 Å². The van der Waals surface area contributed by atoms with Crippen molar-refractivity contribution in [3.8, 4) is 5.75 Å². The van der Waals surface area contributed by atoms with Crippen molar-refractivity contribution in [3.63, 3.8) is 0 Å². The first-order valence-corrected chi connectivity index (χ1v) is 6.10. The summed E-state index contributed by atoms with van der Waals surface area (Å²) in [4.78, 5) is 4.27. The van der Waals surface area contributed by atoms with Crippen molar-refractivity contribution in [2.75, 3.05) is 6.61 Å². The molecule has 1 N–H and O–H groups in total. The Morgan fingerprint density at radius 3 is 2.94 bits per heavy atom. The lowest BCUT2D eigenvalue weighted by atomic mass is 10.0. The van der Waals surface area contributed by atoms with E-state index in [1.807, 2.05) is 37.3 Å². The summed E-state index contributed by atoms with van der Waals surface area (Å²) in [6, 6.07) is 9.66. The zero-order valence-corrected chi connectivity index (χ0v) is 10.3. The van der Waals surface area contributed by atoms with Crippen molar-refractivity contribution in [1.82, 2.24) is 4.98 Å². The minimum absolute atomic E-state index is 0.670. The van der Waals surface area contributed by atoms with E-state index in [2.05, 4.69) is 4.98 Å². The van der Waals surface area contributed by atoms with E-state index in [9.17, 15) is 5.11 Å². The third kappa shape index (κ3) is 1.97. The predicted octanol–water partition coefficient (Wildman–Crippen LogP) is 2.41. The normalized spacial score (nSPS) is 15.0. The number of fused-ring (bicyclic) bond motifs is 1. The largest absolute Gasteiger partial charge is 0.493 e. The van der Waals surface area contributed by atoms with Gasteiger partial charge >= 0.3 is 0 Å². The summed E-state index contributed by atoms with van der Waals surface area (Å²) in [7, 11) is 0. The number of aryl methyl sites for hydroxylation is 1. The van der Waals surface area contributed by atoms with Crippen molar-refractivity contribution in [2.24, 2.45) is 0 Å². The molecule has 1 unspecified atom stereocenters. The molecule has 2 aromatic rings. The second-order valence-electron chi connectivity index (χ2n) is 4.63. The van der Waals surface area contributed by atoms with E-state index in [1.165, 1.54) is 5.56 Å². The number of aromatic nitrogens is 1. The van der Waals surface area contributed by atoms with Crippen LogP contribution in [0.4, 0.5) is 0 Å². The summed E-state index contributed by atoms with van der Waals surface area (Å²) in [5, 5.41) is 10.3. The highest BCUT2D eigenvalue weighted by Gasteiger charge is 2.17. The molecular formula is C15H15NO2. The molecule has 1 aromatic heterocycles. The number of benzene rings is 1. The molecule has 3 nitrogen and oxygen atoms in total. The van der Waals surface area contributed by atoms with Crippen LogP contribution in [-0.2, 0) is 6.42 Å². The van der Waals surface area contributed by atoms with Gasteiger partial charge in [-0.05, 0) is 41.8 Å². The standard InChI is InChI=1S/C15H15NO2/c1-10-2-4-13(16-9-10)15(17)12-3-5-14-11(8-12)6-7-18-14/h2-5,8-9,15,17H,6-7H2,1H3. The van der Waals surface area contributed by atoms with Gasteiger partial charge in [-0.1, -0.05) is 12.1 Å². The number of nitrogens with zero attached hydrogens (tertiary/aromatic N) is 1. The first-order chi connectivity index (χ1) is 8.74. The van der Waals surface area contributed by atoms with Crippen LogP contribution in [-0.4, -0.2) is 16.7 Å². The topological polar surface area (TPSA) is 42.4 Å². The van der Waals surface area contributed by atoms with Gasteiger partial charge in [-0.25, -0.2) is 0 Å². The zero-order valence-electron chi connectivity index (χ0n) is 10.3. The maximum Gasteiger partial charge on any atom is 0.122 e. The van der Waals surface area contributed by atoms with Crippen LogP contribution in [0.3, 0.4) is 0 Å². The van der Waals surface area contributed by atoms with Gasteiger partial charge < -0.3 is 9.84 Å². The fraction of sp³-hybridized carbons (Fsp3) is 0.267. The highest BCUT2D eigenvalue weighted by Crippen LogP contribution is 2.29. The number of hydrogen-bond acceptors (Lipinski definition) is 3. The van der Waals surface area contributed by atoms with Gasteiger partial charge in [0.2, 0.25) is 0 Å². The van der Waals surface area contributed by atoms with Gasteiger partial charge in [0, 0.05) is 12.6 Å². The smallest absolute Gasteiger partial charge is 0.122 e. The number of hydrogen-bond donors (Lipinski definition) is 1. The number of ether oxygens (including phenoxy) is 1. The van der Waals surface area contributed by atoms with Crippen LogP contribution in [0, 0.1) is 6.92 Å². The molecule has 0 fully saturated rings. The van der Waals surface area contributed by atoms with E-state index in [4.69, 9.17) is 4.74 Å². The van der Waals surface area contributed by atoms with E-state index < -0.39 is 6.10 Å². The lowest BCUT2D eigenvalue weighted by Gasteiger charge is -2.11. The lowest BCUT2D eigenvalue weighted by Crippen LogP contribution is -2.02. The number of rotatable bonds is 2. The third-order valence-corrected chi connectivity index (χ3v) is 3.24. The molecule has 3 rings (SSSR count). The second kappa shape index (κ2) is 4.42. The zero-order chi connectivity index (χ0) is 12.5. The maximum atomic E-state index is 10.3. The fourth-order valence-corrected chi connectivity index (χ4v) is 2.19. The highest BCUT2D eigenvalue weighted by molar-refractivity contribution is 5.41. The molecule has 18 heavy (non-hydrogen) atoms. The molecule has 3 heteroatoms. The molecule has 2 heterocycles. The van der Waals surface area contributed by atoms with E-state index in [1.54, 1.807) is 6.20 Å². The fourth-order valence-electron chi connectivity index (χ4n) is 2.19. The summed E-state index contributed by atoms with van der Waals surface area (Å²) in [6.07, 6.45) is 2.02. The van der Waals surface area contributed by atoms with Crippen molar-refractivity contribution in [3.05, 3.63) is 58.9 Å². The molecule has 0 saturated carbocycles. The van der Waals surface area contributed by atoms with Gasteiger partial charge in [-0.3, -0.25) is 4.98 Å². The Morgan fingerprint density at radius 1 is 1.28 bits per heavy atom. The van der Waals surface area contributed by atoms with Gasteiger partial charge in [0.1, 0.15) is 11.9 Å². The van der Waals surface area contributed by atoms with Gasteiger partial charge in [-0.2, -0.15) is 0 Å². The minimum atomic E-state index is -0.670. The quantitative estimate of drug-likeness (QED) is 0.878. The molecule has 0 amide bonds. The monoisotopic (exact) mass is 241 g/mol. The van der Waals surface area contributed by atoms with Crippen LogP contribution in [0.2, 0.25) is 0 Å². The molecule has 0 radical (unpaired) electrons. The Morgan fingerprint density at radius 2 is 2.17 bits per heavy atom. The molecule has 0 saturated heterocycles. The summed E-state index contributed by atoms with van der Waals surface area (Å²) in [6.45, 7) is 2.72. The van der Waals surface area contributed by atoms with Crippen LogP contribution >= 0.6 is 0 Å². The third-order valence-electron chi connectivity index (χ3n) is 3.24. The second-order valence-corrected chi connectivity index (χ2v) is 4.63. The van der Waals surface area contributed by atoms with Gasteiger partial charge in [-0.15, -0.1) is 0 Å². The van der Waals surface area contributed by atoms with Crippen LogP contribution < -0.4 is 4.74 Å². The first kappa shape index (κ1) is 11.2. The molecule has 0 bridgehead atoms. The van der Waals surface area contributed by atoms with Crippen molar-refractivity contribution < 1.29 is 9.84 Å². The van der Waals surface area contributed by atoms with Crippen LogP contribution in [0.25, 0.3) is 0 Å². The Balaban J connectivity index is 1.92. The number of pyridine rings is 1. The average Bonchev–Trinajstić information content (AvgIpc) is 2.86. The summed E-state index contributed by atoms with van der Waals surface area (Å²) in [5.41, 5.74) is 3.81. The van der Waals surface area contributed by atoms with Crippen LogP contribution in [0.15, 0.2) is 36.5 Å². The molecular weight excluding hydrogens is 226 g/mol. The van der Waals surface area contributed by atoms with Crippen molar-refractivity contribution >= 4 is 0 Å². The molecule has 1 aliphatic rings. The van der Waals surface area contributed by atoms with Crippen molar-refractivity contribution in [1.29, 1.82) is 0 Å². The van der Waals surface area contributed by atoms with E-state index in [0.29, 0.717) is 5.69 Å². The van der Waals surface area contributed by atoms with E-state index in [-0.39, 0.29) is 0 Å². The minimum Gasteiger partial charge on any atom is -0.493 e. The van der Waals surface area contributed by atoms with Gasteiger partial charge in [0.25, 0.3) is 0 Å². The molecule has 1 aromatic carbocycles. The lowest BCUT2D eigenvalue weighted by molar-refractivity contribution is 0.215. The molecule has 1 aliphatic heterocycles. The van der Waals surface area contributed by atoms with Gasteiger partial charge in [0.15, 0.2) is 0 Å². The average molecular weight is 241 g/mol. The summed E-state index contributed by atoms with van der Waals surface area (Å²) < 4.78 is 5.46. The van der Waals surface area contributed by atoms with Crippen LogP contribution in [0.1, 0.15) is 28.5 Å². The maximum absolute atomic E-state index is 10.3. The Kier molecular flexibility index (Phi) is 2.76. The summed E-state index contributed by atoms with van der Waals surface area (Å²) in [5.74, 6) is 0.933. The van der Waals surface area contributed by atoms with E-state index in [0.717, 1.165) is 29.9 Å². The molecule has 92 valence electrons. The predicted molar refractivity (Wildman–Crippen MR) is 68.7 cm³/mol. The van der Waals surface area contributed by atoms with Gasteiger partial charge in [0.05, 0.1) is 12.3 Å². The molecule has 1 atom stereocenters. The molecule has 0 aliphatic carbocycles. The van der Waals surface area contributed by atoms with Crippen molar-refractivity contribution in [2.45, 2.75) is 19.4 Å². The Bertz CT molecular complexity index is 563. The molecule has 0 spiro atoms. The SMILES string of the molecule is Cc1ccc(C(O)c2ccc3c(c2)CCO3)nc1. The first-order valence-electron chi connectivity index (χ1n) is 6.10. The highest BCUT2D eigenvalue weighted by atomic mass is 16.5. The Hall–Kier alpha value is -1.87. The summed E-state index contributed by atoms with van der Waals surface area (Å²) >= 11 is 0. The number of aliphatic hydroxyl groups is 1. The number of aliphatic hydroxyl groups excluding tert-OH is 1.